The van der Waals surface area contributed by atoms with Crippen molar-refractivity contribution in [1.29, 1.82) is 0 Å². The molecule has 0 aromatic heterocycles. The normalized spacial score (nSPS) is 29.4. The first kappa shape index (κ1) is 11.9. The van der Waals surface area contributed by atoms with Crippen LogP contribution in [0.3, 0.4) is 0 Å². The number of hydrogen-bond acceptors (Lipinski definition) is 3. The maximum absolute atomic E-state index is 11.9. The first-order chi connectivity index (χ1) is 7.74. The quantitative estimate of drug-likeness (QED) is 0.732. The van der Waals surface area contributed by atoms with Crippen molar-refractivity contribution >= 4 is 5.91 Å². The van der Waals surface area contributed by atoms with Gasteiger partial charge in [-0.05, 0) is 38.8 Å². The van der Waals surface area contributed by atoms with Crippen LogP contribution < -0.4 is 5.32 Å². The fourth-order valence-electron chi connectivity index (χ4n) is 2.95. The van der Waals surface area contributed by atoms with Crippen molar-refractivity contribution in [3.63, 3.8) is 0 Å². The number of rotatable bonds is 4. The Balaban J connectivity index is 1.80. The summed E-state index contributed by atoms with van der Waals surface area (Å²) in [5.41, 5.74) is 0. The highest BCUT2D eigenvalue weighted by Crippen LogP contribution is 2.25. The second-order valence-electron chi connectivity index (χ2n) is 4.94. The fourth-order valence-corrected chi connectivity index (χ4v) is 2.95. The van der Waals surface area contributed by atoms with Crippen LogP contribution in [-0.4, -0.2) is 61.5 Å². The van der Waals surface area contributed by atoms with E-state index in [0.29, 0.717) is 6.54 Å². The topological polar surface area (TPSA) is 35.6 Å². The standard InChI is InChI=1S/C12H23N3O/c1-3-15(4-2)12(16)9-14-7-10-5-13-6-11(10)8-14/h10-11,13H,3-9H2,1-2H3/t10-,11+. The van der Waals surface area contributed by atoms with E-state index >= 15 is 0 Å². The van der Waals surface area contributed by atoms with Crippen molar-refractivity contribution in [3.8, 4) is 0 Å². The molecule has 2 rings (SSSR count). The Kier molecular flexibility index (Phi) is 3.82. The zero-order valence-electron chi connectivity index (χ0n) is 10.4. The maximum atomic E-state index is 11.9. The first-order valence-corrected chi connectivity index (χ1v) is 6.45. The lowest BCUT2D eigenvalue weighted by Gasteiger charge is -2.23. The summed E-state index contributed by atoms with van der Waals surface area (Å²) < 4.78 is 0. The molecule has 0 spiro atoms. The van der Waals surface area contributed by atoms with Gasteiger partial charge in [0.1, 0.15) is 0 Å². The van der Waals surface area contributed by atoms with Crippen LogP contribution >= 0.6 is 0 Å². The number of amides is 1. The summed E-state index contributed by atoms with van der Waals surface area (Å²) in [4.78, 5) is 16.2. The van der Waals surface area contributed by atoms with Crippen LogP contribution in [0.1, 0.15) is 13.8 Å². The van der Waals surface area contributed by atoms with E-state index in [-0.39, 0.29) is 5.91 Å². The Bertz CT molecular complexity index is 241. The molecule has 0 aromatic carbocycles. The van der Waals surface area contributed by atoms with E-state index in [1.54, 1.807) is 0 Å². The van der Waals surface area contributed by atoms with E-state index in [1.807, 2.05) is 18.7 Å². The van der Waals surface area contributed by atoms with Crippen LogP contribution in [0.2, 0.25) is 0 Å². The Morgan fingerprint density at radius 1 is 1.25 bits per heavy atom. The lowest BCUT2D eigenvalue weighted by Crippen LogP contribution is -2.40. The minimum absolute atomic E-state index is 0.290. The molecule has 0 aromatic rings. The van der Waals surface area contributed by atoms with Gasteiger partial charge in [-0.3, -0.25) is 9.69 Å². The second kappa shape index (κ2) is 5.15. The highest BCUT2D eigenvalue weighted by atomic mass is 16.2. The predicted molar refractivity (Wildman–Crippen MR) is 64.2 cm³/mol. The lowest BCUT2D eigenvalue weighted by molar-refractivity contribution is -0.131. The molecule has 4 nitrogen and oxygen atoms in total. The van der Waals surface area contributed by atoms with Crippen LogP contribution in [0.25, 0.3) is 0 Å². The van der Waals surface area contributed by atoms with Gasteiger partial charge in [-0.25, -0.2) is 0 Å². The van der Waals surface area contributed by atoms with Crippen LogP contribution in [0.5, 0.6) is 0 Å². The highest BCUT2D eigenvalue weighted by molar-refractivity contribution is 5.78. The molecule has 2 saturated heterocycles. The summed E-state index contributed by atoms with van der Waals surface area (Å²) in [6.45, 7) is 10.9. The van der Waals surface area contributed by atoms with E-state index < -0.39 is 0 Å². The number of carbonyl (C=O) groups is 1. The lowest BCUT2D eigenvalue weighted by atomic mass is 10.0. The molecular formula is C12H23N3O. The third-order valence-electron chi connectivity index (χ3n) is 3.94. The number of fused-ring (bicyclic) bond motifs is 1. The first-order valence-electron chi connectivity index (χ1n) is 6.45. The van der Waals surface area contributed by atoms with Gasteiger partial charge in [-0.1, -0.05) is 0 Å². The van der Waals surface area contributed by atoms with Gasteiger partial charge < -0.3 is 10.2 Å². The van der Waals surface area contributed by atoms with Gasteiger partial charge in [0.25, 0.3) is 0 Å². The summed E-state index contributed by atoms with van der Waals surface area (Å²) in [5, 5.41) is 3.42. The number of carbonyl (C=O) groups excluding carboxylic acids is 1. The van der Waals surface area contributed by atoms with Crippen molar-refractivity contribution in [2.24, 2.45) is 11.8 Å². The van der Waals surface area contributed by atoms with Gasteiger partial charge in [0.05, 0.1) is 6.54 Å². The zero-order valence-corrected chi connectivity index (χ0v) is 10.4. The van der Waals surface area contributed by atoms with Crippen molar-refractivity contribution < 1.29 is 4.79 Å². The summed E-state index contributed by atoms with van der Waals surface area (Å²) in [6, 6.07) is 0. The van der Waals surface area contributed by atoms with Gasteiger partial charge in [0.15, 0.2) is 0 Å². The SMILES string of the molecule is CCN(CC)C(=O)CN1C[C@H]2CNC[C@H]2C1. The van der Waals surface area contributed by atoms with Gasteiger partial charge in [-0.15, -0.1) is 0 Å². The third-order valence-corrected chi connectivity index (χ3v) is 3.94. The number of nitrogens with one attached hydrogen (secondary N) is 1. The Morgan fingerprint density at radius 3 is 2.31 bits per heavy atom. The molecule has 2 atom stereocenters. The number of nitrogens with zero attached hydrogens (tertiary/aromatic N) is 2. The van der Waals surface area contributed by atoms with Gasteiger partial charge in [0.2, 0.25) is 5.91 Å². The minimum Gasteiger partial charge on any atom is -0.342 e. The van der Waals surface area contributed by atoms with Gasteiger partial charge in [-0.2, -0.15) is 0 Å². The molecule has 2 fully saturated rings. The molecule has 2 aliphatic heterocycles. The predicted octanol–water partition coefficient (Wildman–Crippen LogP) is 0.00600. The van der Waals surface area contributed by atoms with E-state index in [1.165, 1.54) is 0 Å². The molecule has 2 heterocycles. The molecule has 16 heavy (non-hydrogen) atoms. The average molecular weight is 225 g/mol. The van der Waals surface area contributed by atoms with Crippen molar-refractivity contribution in [1.82, 2.24) is 15.1 Å². The van der Waals surface area contributed by atoms with E-state index in [0.717, 1.165) is 51.1 Å². The summed E-state index contributed by atoms with van der Waals surface area (Å²) in [7, 11) is 0. The Morgan fingerprint density at radius 2 is 1.81 bits per heavy atom. The van der Waals surface area contributed by atoms with Crippen LogP contribution in [0, 0.1) is 11.8 Å². The van der Waals surface area contributed by atoms with Crippen LogP contribution in [0.4, 0.5) is 0 Å². The number of hydrogen-bond donors (Lipinski definition) is 1. The highest BCUT2D eigenvalue weighted by Gasteiger charge is 2.36. The summed E-state index contributed by atoms with van der Waals surface area (Å²) >= 11 is 0. The molecule has 4 heteroatoms. The van der Waals surface area contributed by atoms with Crippen LogP contribution in [-0.2, 0) is 4.79 Å². The second-order valence-corrected chi connectivity index (χ2v) is 4.94. The molecule has 1 N–H and O–H groups in total. The molecule has 1 amide bonds. The minimum atomic E-state index is 0.290. The molecule has 2 aliphatic rings. The van der Waals surface area contributed by atoms with E-state index in [2.05, 4.69) is 10.2 Å². The maximum Gasteiger partial charge on any atom is 0.236 e. The van der Waals surface area contributed by atoms with Crippen molar-refractivity contribution in [2.75, 3.05) is 45.8 Å². The Labute approximate surface area is 98.0 Å². The van der Waals surface area contributed by atoms with E-state index in [4.69, 9.17) is 0 Å². The summed E-state index contributed by atoms with van der Waals surface area (Å²) in [6.07, 6.45) is 0. The van der Waals surface area contributed by atoms with Crippen molar-refractivity contribution in [2.45, 2.75) is 13.8 Å². The van der Waals surface area contributed by atoms with Gasteiger partial charge >= 0.3 is 0 Å². The number of likely N-dealkylation sites (N-methyl/N-ethyl adjacent to an activating group) is 1. The molecular weight excluding hydrogens is 202 g/mol. The Hall–Kier alpha value is -0.610. The molecule has 92 valence electrons. The summed E-state index contributed by atoms with van der Waals surface area (Å²) in [5.74, 6) is 1.85. The third kappa shape index (κ3) is 2.38. The molecule has 0 unspecified atom stereocenters. The van der Waals surface area contributed by atoms with Crippen LogP contribution in [0.15, 0.2) is 0 Å². The largest absolute Gasteiger partial charge is 0.342 e. The molecule has 0 aliphatic carbocycles. The number of likely N-dealkylation sites (tertiary alicyclic amines) is 1. The molecule has 0 saturated carbocycles. The van der Waals surface area contributed by atoms with E-state index in [9.17, 15) is 4.79 Å². The smallest absolute Gasteiger partial charge is 0.236 e. The average Bonchev–Trinajstić information content (AvgIpc) is 2.79. The van der Waals surface area contributed by atoms with Crippen molar-refractivity contribution in [3.05, 3.63) is 0 Å². The molecule has 0 bridgehead atoms. The van der Waals surface area contributed by atoms with Gasteiger partial charge in [0, 0.05) is 26.2 Å². The molecule has 0 radical (unpaired) electrons. The fraction of sp³-hybridized carbons (Fsp3) is 0.917. The monoisotopic (exact) mass is 225 g/mol. The zero-order chi connectivity index (χ0) is 11.5.